The van der Waals surface area contributed by atoms with Crippen LogP contribution in [0.15, 0.2) is 33.9 Å². The molecule has 0 amide bonds. The number of benzene rings is 1. The van der Waals surface area contributed by atoms with Crippen molar-refractivity contribution in [2.24, 2.45) is 0 Å². The predicted molar refractivity (Wildman–Crippen MR) is 117 cm³/mol. The van der Waals surface area contributed by atoms with Crippen molar-refractivity contribution in [3.05, 3.63) is 29.6 Å². The molecule has 1 fully saturated rings. The molecule has 1 aliphatic heterocycles. The third kappa shape index (κ3) is 4.00. The molecule has 0 atom stereocenters. The Balaban J connectivity index is 1.50. The first-order valence-electron chi connectivity index (χ1n) is 9.41. The monoisotopic (exact) mass is 449 g/mol. The maximum Gasteiger partial charge on any atom is 0.250 e. The summed E-state index contributed by atoms with van der Waals surface area (Å²) in [6, 6.07) is 6.75. The number of anilines is 2. The fraction of sp³-hybridized carbons (Fsp3) is 0.368. The Morgan fingerprint density at radius 2 is 1.87 bits per heavy atom. The van der Waals surface area contributed by atoms with Crippen molar-refractivity contribution >= 4 is 44.0 Å². The zero-order valence-corrected chi connectivity index (χ0v) is 18.3. The molecule has 3 heterocycles. The fourth-order valence-corrected chi connectivity index (χ4v) is 5.81. The second-order valence-corrected chi connectivity index (χ2v) is 9.84. The molecule has 9 nitrogen and oxygen atoms in total. The van der Waals surface area contributed by atoms with Crippen LogP contribution in [-0.2, 0) is 10.0 Å². The summed E-state index contributed by atoms with van der Waals surface area (Å²) < 4.78 is 38.7. The van der Waals surface area contributed by atoms with Gasteiger partial charge in [0.25, 0.3) is 0 Å². The Hall–Kier alpha value is -2.63. The minimum Gasteiger partial charge on any atom is -0.493 e. The van der Waals surface area contributed by atoms with Crippen molar-refractivity contribution in [1.82, 2.24) is 14.7 Å². The van der Waals surface area contributed by atoms with Crippen LogP contribution in [0.2, 0.25) is 0 Å². The molecule has 0 saturated carbocycles. The number of nitrogens with one attached hydrogen (secondary N) is 1. The molecule has 30 heavy (non-hydrogen) atoms. The standard InChI is InChI=1S/C19H23N5O4S2/c1-27-15-10-13-14(11-16(15)28-2)21-19(22-18(13)20)24-7-5-12(6-8-24)23-30(25,26)17-4-3-9-29-17/h3-4,9-12,23H,5-8H2,1-2H3,(H2,20,21,22). The lowest BCUT2D eigenvalue weighted by Gasteiger charge is -2.32. The molecule has 1 aliphatic rings. The van der Waals surface area contributed by atoms with Gasteiger partial charge in [-0.1, -0.05) is 6.07 Å². The summed E-state index contributed by atoms with van der Waals surface area (Å²) >= 11 is 1.21. The van der Waals surface area contributed by atoms with E-state index in [2.05, 4.69) is 14.7 Å². The zero-order chi connectivity index (χ0) is 21.3. The highest BCUT2D eigenvalue weighted by molar-refractivity contribution is 7.91. The van der Waals surface area contributed by atoms with Crippen LogP contribution >= 0.6 is 11.3 Å². The summed E-state index contributed by atoms with van der Waals surface area (Å²) in [5.41, 5.74) is 6.84. The first kappa shape index (κ1) is 20.6. The number of methoxy groups -OCH3 is 2. The predicted octanol–water partition coefficient (Wildman–Crippen LogP) is 2.24. The van der Waals surface area contributed by atoms with Gasteiger partial charge in [-0.2, -0.15) is 4.98 Å². The summed E-state index contributed by atoms with van der Waals surface area (Å²) in [7, 11) is -0.347. The third-order valence-electron chi connectivity index (χ3n) is 5.08. The topological polar surface area (TPSA) is 120 Å². The van der Waals surface area contributed by atoms with E-state index in [1.54, 1.807) is 43.9 Å². The van der Waals surface area contributed by atoms with Crippen molar-refractivity contribution in [3.63, 3.8) is 0 Å². The normalized spacial score (nSPS) is 15.5. The summed E-state index contributed by atoms with van der Waals surface area (Å²) in [6.07, 6.45) is 1.30. The van der Waals surface area contributed by atoms with E-state index in [1.807, 2.05) is 4.90 Å². The minimum atomic E-state index is -3.48. The molecule has 0 aliphatic carbocycles. The Morgan fingerprint density at radius 3 is 2.50 bits per heavy atom. The maximum atomic E-state index is 12.4. The van der Waals surface area contributed by atoms with Crippen LogP contribution in [-0.4, -0.2) is 51.7 Å². The number of ether oxygens (including phenoxy) is 2. The van der Waals surface area contributed by atoms with Crippen molar-refractivity contribution in [1.29, 1.82) is 0 Å². The van der Waals surface area contributed by atoms with Crippen LogP contribution in [0.4, 0.5) is 11.8 Å². The van der Waals surface area contributed by atoms with Gasteiger partial charge in [0, 0.05) is 30.6 Å². The zero-order valence-electron chi connectivity index (χ0n) is 16.7. The number of fused-ring (bicyclic) bond motifs is 1. The van der Waals surface area contributed by atoms with E-state index in [4.69, 9.17) is 15.2 Å². The molecule has 0 unspecified atom stereocenters. The highest BCUT2D eigenvalue weighted by Gasteiger charge is 2.26. The number of aromatic nitrogens is 2. The summed E-state index contributed by atoms with van der Waals surface area (Å²) in [5.74, 6) is 2.01. The Kier molecular flexibility index (Phi) is 5.67. The number of thiophene rings is 1. The van der Waals surface area contributed by atoms with Crippen LogP contribution in [0.5, 0.6) is 11.5 Å². The molecule has 3 N–H and O–H groups in total. The van der Waals surface area contributed by atoms with Crippen LogP contribution < -0.4 is 24.8 Å². The molecule has 160 valence electrons. The molecule has 1 saturated heterocycles. The van der Waals surface area contributed by atoms with Crippen LogP contribution in [0.1, 0.15) is 12.8 Å². The Bertz CT molecular complexity index is 1140. The number of rotatable bonds is 6. The first-order chi connectivity index (χ1) is 14.4. The lowest BCUT2D eigenvalue weighted by molar-refractivity contribution is 0.356. The Labute approximate surface area is 178 Å². The fourth-order valence-electron chi connectivity index (χ4n) is 3.50. The van der Waals surface area contributed by atoms with Crippen molar-refractivity contribution < 1.29 is 17.9 Å². The number of piperidine rings is 1. The summed E-state index contributed by atoms with van der Waals surface area (Å²) in [5, 5.41) is 2.44. The van der Waals surface area contributed by atoms with E-state index in [-0.39, 0.29) is 6.04 Å². The first-order valence-corrected chi connectivity index (χ1v) is 11.8. The summed E-state index contributed by atoms with van der Waals surface area (Å²) in [4.78, 5) is 11.1. The second kappa shape index (κ2) is 8.25. The third-order valence-corrected chi connectivity index (χ3v) is 8.00. The van der Waals surface area contributed by atoms with Gasteiger partial charge < -0.3 is 20.1 Å². The number of sulfonamides is 1. The van der Waals surface area contributed by atoms with Crippen LogP contribution in [0.3, 0.4) is 0 Å². The quantitative estimate of drug-likeness (QED) is 0.588. The largest absolute Gasteiger partial charge is 0.493 e. The molecule has 1 aromatic carbocycles. The lowest BCUT2D eigenvalue weighted by atomic mass is 10.1. The number of hydrogen-bond donors (Lipinski definition) is 2. The average molecular weight is 450 g/mol. The minimum absolute atomic E-state index is 0.129. The van der Waals surface area contributed by atoms with Gasteiger partial charge in [0.2, 0.25) is 16.0 Å². The highest BCUT2D eigenvalue weighted by atomic mass is 32.2. The van der Waals surface area contributed by atoms with Crippen molar-refractivity contribution in [2.75, 3.05) is 37.9 Å². The smallest absolute Gasteiger partial charge is 0.250 e. The van der Waals surface area contributed by atoms with Crippen LogP contribution in [0, 0.1) is 0 Å². The van der Waals surface area contributed by atoms with E-state index >= 15 is 0 Å². The molecular weight excluding hydrogens is 426 g/mol. The van der Waals surface area contributed by atoms with Gasteiger partial charge in [0.1, 0.15) is 10.0 Å². The van der Waals surface area contributed by atoms with Gasteiger partial charge in [-0.25, -0.2) is 18.1 Å². The second-order valence-electron chi connectivity index (χ2n) is 6.95. The number of hydrogen-bond acceptors (Lipinski definition) is 9. The van der Waals surface area contributed by atoms with Gasteiger partial charge >= 0.3 is 0 Å². The summed E-state index contributed by atoms with van der Waals surface area (Å²) in [6.45, 7) is 1.24. The molecule has 2 aromatic heterocycles. The van der Waals surface area contributed by atoms with Crippen LogP contribution in [0.25, 0.3) is 10.9 Å². The highest BCUT2D eigenvalue weighted by Crippen LogP contribution is 2.34. The molecule has 3 aromatic rings. The SMILES string of the molecule is COc1cc2nc(N3CCC(NS(=O)(=O)c4cccs4)CC3)nc(N)c2cc1OC. The van der Waals surface area contributed by atoms with E-state index < -0.39 is 10.0 Å². The van der Waals surface area contributed by atoms with E-state index in [9.17, 15) is 8.42 Å². The Morgan fingerprint density at radius 1 is 1.17 bits per heavy atom. The number of nitrogens with zero attached hydrogens (tertiary/aromatic N) is 3. The van der Waals surface area contributed by atoms with Crippen molar-refractivity contribution in [2.45, 2.75) is 23.1 Å². The van der Waals surface area contributed by atoms with E-state index in [0.717, 1.165) is 0 Å². The average Bonchev–Trinajstić information content (AvgIpc) is 3.29. The maximum absolute atomic E-state index is 12.4. The van der Waals surface area contributed by atoms with Gasteiger partial charge in [0.15, 0.2) is 11.5 Å². The molecule has 0 bridgehead atoms. The molecular formula is C19H23N5O4S2. The molecule has 4 rings (SSSR count). The molecule has 11 heteroatoms. The molecule has 0 spiro atoms. The van der Waals surface area contributed by atoms with Crippen molar-refractivity contribution in [3.8, 4) is 11.5 Å². The lowest BCUT2D eigenvalue weighted by Crippen LogP contribution is -2.45. The van der Waals surface area contributed by atoms with Gasteiger partial charge in [-0.05, 0) is 30.4 Å². The van der Waals surface area contributed by atoms with Gasteiger partial charge in [-0.15, -0.1) is 11.3 Å². The number of nitrogen functional groups attached to an aromatic ring is 1. The number of nitrogens with two attached hydrogens (primary N) is 1. The van der Waals surface area contributed by atoms with Gasteiger partial charge in [0.05, 0.1) is 19.7 Å². The van der Waals surface area contributed by atoms with E-state index in [1.165, 1.54) is 11.3 Å². The van der Waals surface area contributed by atoms with E-state index in [0.29, 0.717) is 64.3 Å². The molecule has 0 radical (unpaired) electrons. The van der Waals surface area contributed by atoms with Gasteiger partial charge in [-0.3, -0.25) is 0 Å².